The zero-order valence-corrected chi connectivity index (χ0v) is 7.88. The number of hydrogen-bond donors (Lipinski definition) is 2. The van der Waals surface area contributed by atoms with E-state index < -0.39 is 0 Å². The van der Waals surface area contributed by atoms with Crippen LogP contribution in [0.5, 0.6) is 0 Å². The van der Waals surface area contributed by atoms with Gasteiger partial charge in [0.25, 0.3) is 0 Å². The van der Waals surface area contributed by atoms with Crippen molar-refractivity contribution in [2.24, 2.45) is 5.10 Å². The molecule has 62 valence electrons. The second-order valence-electron chi connectivity index (χ2n) is 3.47. The summed E-state index contributed by atoms with van der Waals surface area (Å²) in [6.07, 6.45) is 0.917. The maximum Gasteiger partial charge on any atom is 0.187 e. The van der Waals surface area contributed by atoms with Crippen LogP contribution in [-0.2, 0) is 0 Å². The molecule has 2 N–H and O–H groups in total. The van der Waals surface area contributed by atoms with E-state index in [2.05, 4.69) is 29.7 Å². The Morgan fingerprint density at radius 3 is 2.82 bits per heavy atom. The van der Waals surface area contributed by atoms with Crippen LogP contribution in [0.25, 0.3) is 0 Å². The molecule has 0 aromatic heterocycles. The normalized spacial score (nSPS) is 22.8. The van der Waals surface area contributed by atoms with Gasteiger partial charge in [-0.3, -0.25) is 5.43 Å². The summed E-state index contributed by atoms with van der Waals surface area (Å²) in [7, 11) is 0. The molecule has 4 heteroatoms. The molecule has 1 heterocycles. The lowest BCUT2D eigenvalue weighted by Gasteiger charge is -2.24. The molecule has 1 aliphatic rings. The number of thiocarbonyl (C=S) groups is 1. The van der Waals surface area contributed by atoms with E-state index in [0.717, 1.165) is 12.1 Å². The molecular formula is C7H13N3S. The first-order valence-corrected chi connectivity index (χ1v) is 4.02. The monoisotopic (exact) mass is 171 g/mol. The molecule has 0 bridgehead atoms. The smallest absolute Gasteiger partial charge is 0.187 e. The fourth-order valence-corrected chi connectivity index (χ4v) is 1.53. The quantitative estimate of drug-likeness (QED) is 0.534. The van der Waals surface area contributed by atoms with Crippen molar-refractivity contribution < 1.29 is 0 Å². The molecule has 0 fully saturated rings. The lowest BCUT2D eigenvalue weighted by atomic mass is 9.98. The highest BCUT2D eigenvalue weighted by Crippen LogP contribution is 2.10. The van der Waals surface area contributed by atoms with E-state index in [1.807, 2.05) is 6.92 Å². The fourth-order valence-electron chi connectivity index (χ4n) is 1.20. The van der Waals surface area contributed by atoms with Crippen LogP contribution in [0.1, 0.15) is 27.2 Å². The number of nitrogens with one attached hydrogen (secondary N) is 2. The predicted octanol–water partition coefficient (Wildman–Crippen LogP) is 1.01. The van der Waals surface area contributed by atoms with Crippen LogP contribution in [0, 0.1) is 0 Å². The van der Waals surface area contributed by atoms with E-state index in [1.165, 1.54) is 0 Å². The van der Waals surface area contributed by atoms with Gasteiger partial charge in [0, 0.05) is 17.7 Å². The summed E-state index contributed by atoms with van der Waals surface area (Å²) in [5.74, 6) is 0. The highest BCUT2D eigenvalue weighted by Gasteiger charge is 2.21. The first-order chi connectivity index (χ1) is 4.99. The molecule has 0 aromatic rings. The standard InChI is InChI=1S/C7H13N3S/c1-5-4-7(2,3)8-6(11)10-9-5/h4H2,1-3H3,(H2,8,10,11). The molecule has 0 saturated heterocycles. The van der Waals surface area contributed by atoms with Gasteiger partial charge in [0.1, 0.15) is 0 Å². The largest absolute Gasteiger partial charge is 0.356 e. The SMILES string of the molecule is CC1=NNC(=S)NC(C)(C)C1. The van der Waals surface area contributed by atoms with Crippen molar-refractivity contribution in [1.29, 1.82) is 0 Å². The summed E-state index contributed by atoms with van der Waals surface area (Å²) in [6.45, 7) is 6.20. The third-order valence-electron chi connectivity index (χ3n) is 1.50. The van der Waals surface area contributed by atoms with Crippen LogP contribution in [0.15, 0.2) is 5.10 Å². The van der Waals surface area contributed by atoms with Crippen molar-refractivity contribution in [1.82, 2.24) is 10.7 Å². The number of hydrogen-bond acceptors (Lipinski definition) is 2. The molecule has 0 atom stereocenters. The van der Waals surface area contributed by atoms with Crippen molar-refractivity contribution in [2.45, 2.75) is 32.7 Å². The Labute approximate surface area is 72.2 Å². The van der Waals surface area contributed by atoms with Crippen molar-refractivity contribution in [3.63, 3.8) is 0 Å². The van der Waals surface area contributed by atoms with Crippen LogP contribution < -0.4 is 10.7 Å². The van der Waals surface area contributed by atoms with Crippen LogP contribution in [0.3, 0.4) is 0 Å². The second-order valence-corrected chi connectivity index (χ2v) is 3.88. The van der Waals surface area contributed by atoms with E-state index in [-0.39, 0.29) is 5.54 Å². The van der Waals surface area contributed by atoms with Crippen LogP contribution in [-0.4, -0.2) is 16.4 Å². The van der Waals surface area contributed by atoms with Gasteiger partial charge in [-0.05, 0) is 33.0 Å². The Morgan fingerprint density at radius 1 is 1.55 bits per heavy atom. The minimum absolute atomic E-state index is 0.0220. The van der Waals surface area contributed by atoms with Gasteiger partial charge in [-0.25, -0.2) is 0 Å². The van der Waals surface area contributed by atoms with Crippen molar-refractivity contribution in [3.05, 3.63) is 0 Å². The van der Waals surface area contributed by atoms with Crippen LogP contribution in [0.2, 0.25) is 0 Å². The zero-order chi connectivity index (χ0) is 8.48. The maximum absolute atomic E-state index is 4.96. The zero-order valence-electron chi connectivity index (χ0n) is 7.06. The van der Waals surface area contributed by atoms with Crippen LogP contribution >= 0.6 is 12.2 Å². The summed E-state index contributed by atoms with van der Waals surface area (Å²) in [5, 5.41) is 7.82. The Kier molecular flexibility index (Phi) is 2.13. The van der Waals surface area contributed by atoms with Crippen molar-refractivity contribution in [3.8, 4) is 0 Å². The van der Waals surface area contributed by atoms with Gasteiger partial charge in [-0.1, -0.05) is 0 Å². The van der Waals surface area contributed by atoms with E-state index in [9.17, 15) is 0 Å². The van der Waals surface area contributed by atoms with E-state index in [1.54, 1.807) is 0 Å². The molecule has 1 aliphatic heterocycles. The lowest BCUT2D eigenvalue weighted by Crippen LogP contribution is -2.45. The highest BCUT2D eigenvalue weighted by molar-refractivity contribution is 7.80. The molecule has 11 heavy (non-hydrogen) atoms. The second kappa shape index (κ2) is 2.77. The molecule has 0 aliphatic carbocycles. The fraction of sp³-hybridized carbons (Fsp3) is 0.714. The summed E-state index contributed by atoms with van der Waals surface area (Å²) in [5.41, 5.74) is 3.85. The molecule has 0 unspecified atom stereocenters. The van der Waals surface area contributed by atoms with Gasteiger partial charge in [0.2, 0.25) is 0 Å². The first kappa shape index (κ1) is 8.46. The molecule has 0 aromatic carbocycles. The number of nitrogens with zero attached hydrogens (tertiary/aromatic N) is 1. The van der Waals surface area contributed by atoms with Gasteiger partial charge < -0.3 is 5.32 Å². The summed E-state index contributed by atoms with van der Waals surface area (Å²) < 4.78 is 0. The van der Waals surface area contributed by atoms with Gasteiger partial charge >= 0.3 is 0 Å². The molecule has 3 nitrogen and oxygen atoms in total. The third kappa shape index (κ3) is 2.46. The van der Waals surface area contributed by atoms with Crippen LogP contribution in [0.4, 0.5) is 0 Å². The van der Waals surface area contributed by atoms with Gasteiger partial charge in [0.05, 0.1) is 0 Å². The summed E-state index contributed by atoms with van der Waals surface area (Å²) in [4.78, 5) is 0. The van der Waals surface area contributed by atoms with E-state index in [0.29, 0.717) is 5.11 Å². The van der Waals surface area contributed by atoms with E-state index >= 15 is 0 Å². The highest BCUT2D eigenvalue weighted by atomic mass is 32.1. The van der Waals surface area contributed by atoms with Gasteiger partial charge in [-0.2, -0.15) is 5.10 Å². The van der Waals surface area contributed by atoms with E-state index in [4.69, 9.17) is 12.2 Å². The molecule has 0 saturated carbocycles. The summed E-state index contributed by atoms with van der Waals surface area (Å²) >= 11 is 4.96. The number of rotatable bonds is 0. The minimum Gasteiger partial charge on any atom is -0.356 e. The Bertz CT molecular complexity index is 208. The minimum atomic E-state index is 0.0220. The Morgan fingerprint density at radius 2 is 2.18 bits per heavy atom. The molecular weight excluding hydrogens is 158 g/mol. The molecule has 0 amide bonds. The number of hydrazone groups is 1. The molecule has 1 rings (SSSR count). The predicted molar refractivity (Wildman–Crippen MR) is 50.7 cm³/mol. The van der Waals surface area contributed by atoms with Crippen molar-refractivity contribution in [2.75, 3.05) is 0 Å². The lowest BCUT2D eigenvalue weighted by molar-refractivity contribution is 0.482. The average Bonchev–Trinajstić information content (AvgIpc) is 1.89. The Balaban J connectivity index is 2.76. The van der Waals surface area contributed by atoms with Gasteiger partial charge in [-0.15, -0.1) is 0 Å². The summed E-state index contributed by atoms with van der Waals surface area (Å²) in [6, 6.07) is 0. The first-order valence-electron chi connectivity index (χ1n) is 3.61. The van der Waals surface area contributed by atoms with Crippen molar-refractivity contribution >= 4 is 23.0 Å². The molecule has 0 radical (unpaired) electrons. The Hall–Kier alpha value is -0.640. The third-order valence-corrected chi connectivity index (χ3v) is 1.69. The topological polar surface area (TPSA) is 36.4 Å². The maximum atomic E-state index is 4.96. The van der Waals surface area contributed by atoms with Gasteiger partial charge in [0.15, 0.2) is 5.11 Å². The average molecular weight is 171 g/mol. The molecule has 0 spiro atoms.